The van der Waals surface area contributed by atoms with Crippen LogP contribution in [0.2, 0.25) is 5.02 Å². The first-order chi connectivity index (χ1) is 15.6. The first kappa shape index (κ1) is 24.5. The first-order valence-corrected chi connectivity index (χ1v) is 10.9. The fraction of sp³-hybridized carbons (Fsp3) is 0.154. The van der Waals surface area contributed by atoms with E-state index in [4.69, 9.17) is 11.6 Å². The third-order valence-corrected chi connectivity index (χ3v) is 5.61. The fourth-order valence-corrected chi connectivity index (χ4v) is 3.75. The van der Waals surface area contributed by atoms with Crippen LogP contribution in [0.1, 0.15) is 22.3 Å². The molecular formula is C26H25Cl2N3O2. The Morgan fingerprint density at radius 1 is 0.848 bits per heavy atom. The van der Waals surface area contributed by atoms with Crippen molar-refractivity contribution in [2.45, 2.75) is 13.0 Å². The molecule has 0 spiro atoms. The van der Waals surface area contributed by atoms with E-state index in [1.54, 1.807) is 48.5 Å². The van der Waals surface area contributed by atoms with Gasteiger partial charge in [0, 0.05) is 35.9 Å². The van der Waals surface area contributed by atoms with Gasteiger partial charge in [-0.15, -0.1) is 12.4 Å². The number of carbonyl (C=O) groups excluding carboxylic acids is 2. The van der Waals surface area contributed by atoms with Crippen molar-refractivity contribution in [3.8, 4) is 0 Å². The molecule has 1 aliphatic heterocycles. The van der Waals surface area contributed by atoms with Gasteiger partial charge in [0.1, 0.15) is 0 Å². The van der Waals surface area contributed by atoms with E-state index in [9.17, 15) is 9.59 Å². The number of hydrogen-bond acceptors (Lipinski definition) is 3. The van der Waals surface area contributed by atoms with Gasteiger partial charge in [-0.3, -0.25) is 14.5 Å². The standard InChI is InChI=1S/C26H24ClN3O2.ClH/c27-21-10-12-22(13-11-21)28-26(32)23-8-4-5-9-24(23)29-25(31)20-14-16-30(17-15-20)18-19-6-2-1-3-7-19;/h1-14H,15-18H2,(H,28,32)(H,29,31);1H. The van der Waals surface area contributed by atoms with Crippen molar-refractivity contribution >= 4 is 47.2 Å². The normalized spacial score (nSPS) is 13.4. The monoisotopic (exact) mass is 481 g/mol. The highest BCUT2D eigenvalue weighted by molar-refractivity contribution is 6.30. The molecule has 0 fully saturated rings. The molecule has 0 saturated heterocycles. The van der Waals surface area contributed by atoms with Crippen LogP contribution in [-0.4, -0.2) is 29.8 Å². The third-order valence-electron chi connectivity index (χ3n) is 5.36. The summed E-state index contributed by atoms with van der Waals surface area (Å²) in [6, 6.07) is 24.2. The largest absolute Gasteiger partial charge is 0.322 e. The fourth-order valence-electron chi connectivity index (χ4n) is 3.63. The van der Waals surface area contributed by atoms with Crippen LogP contribution in [0.4, 0.5) is 11.4 Å². The second-order valence-electron chi connectivity index (χ2n) is 7.66. The molecule has 0 bridgehead atoms. The topological polar surface area (TPSA) is 61.4 Å². The second kappa shape index (κ2) is 11.7. The summed E-state index contributed by atoms with van der Waals surface area (Å²) < 4.78 is 0. The quantitative estimate of drug-likeness (QED) is 0.468. The summed E-state index contributed by atoms with van der Waals surface area (Å²) in [5.74, 6) is -0.467. The second-order valence-corrected chi connectivity index (χ2v) is 8.10. The lowest BCUT2D eigenvalue weighted by Crippen LogP contribution is -2.31. The van der Waals surface area contributed by atoms with Crippen molar-refractivity contribution in [2.24, 2.45) is 0 Å². The minimum Gasteiger partial charge on any atom is -0.322 e. The minimum atomic E-state index is -0.296. The predicted octanol–water partition coefficient (Wildman–Crippen LogP) is 5.78. The molecular weight excluding hydrogens is 457 g/mol. The molecule has 2 N–H and O–H groups in total. The Bertz CT molecular complexity index is 1130. The van der Waals surface area contributed by atoms with E-state index in [1.165, 1.54) is 5.56 Å². The molecule has 0 unspecified atom stereocenters. The predicted molar refractivity (Wildman–Crippen MR) is 136 cm³/mol. The number of para-hydroxylation sites is 1. The molecule has 0 atom stereocenters. The van der Waals surface area contributed by atoms with Gasteiger partial charge >= 0.3 is 0 Å². The Morgan fingerprint density at radius 3 is 2.24 bits per heavy atom. The van der Waals surface area contributed by atoms with Gasteiger partial charge < -0.3 is 10.6 Å². The number of halogens is 2. The number of amides is 2. The summed E-state index contributed by atoms with van der Waals surface area (Å²) in [6.07, 6.45) is 2.63. The van der Waals surface area contributed by atoms with Gasteiger partial charge in [-0.2, -0.15) is 0 Å². The summed E-state index contributed by atoms with van der Waals surface area (Å²) in [5.41, 5.74) is 3.51. The van der Waals surface area contributed by atoms with E-state index in [-0.39, 0.29) is 24.2 Å². The van der Waals surface area contributed by atoms with Gasteiger partial charge in [0.25, 0.3) is 11.8 Å². The van der Waals surface area contributed by atoms with E-state index >= 15 is 0 Å². The smallest absolute Gasteiger partial charge is 0.257 e. The number of hydrogen-bond donors (Lipinski definition) is 2. The van der Waals surface area contributed by atoms with Gasteiger partial charge in [0.15, 0.2) is 0 Å². The highest BCUT2D eigenvalue weighted by Gasteiger charge is 2.19. The van der Waals surface area contributed by atoms with Crippen molar-refractivity contribution in [3.63, 3.8) is 0 Å². The molecule has 2 amide bonds. The van der Waals surface area contributed by atoms with Crippen molar-refractivity contribution in [2.75, 3.05) is 23.7 Å². The Balaban J connectivity index is 0.00000306. The molecule has 1 aliphatic rings. The van der Waals surface area contributed by atoms with E-state index in [1.807, 2.05) is 24.3 Å². The minimum absolute atomic E-state index is 0. The van der Waals surface area contributed by atoms with Crippen LogP contribution in [0.25, 0.3) is 0 Å². The number of nitrogens with zero attached hydrogens (tertiary/aromatic N) is 1. The van der Waals surface area contributed by atoms with Gasteiger partial charge in [-0.1, -0.05) is 60.1 Å². The molecule has 4 rings (SSSR count). The Morgan fingerprint density at radius 2 is 1.55 bits per heavy atom. The van der Waals surface area contributed by atoms with Crippen LogP contribution in [0.5, 0.6) is 0 Å². The Labute approximate surface area is 204 Å². The lowest BCUT2D eigenvalue weighted by Gasteiger charge is -2.26. The van der Waals surface area contributed by atoms with Gasteiger partial charge in [0.2, 0.25) is 0 Å². The average Bonchev–Trinajstić information content (AvgIpc) is 2.82. The van der Waals surface area contributed by atoms with Crippen molar-refractivity contribution in [1.29, 1.82) is 0 Å². The van der Waals surface area contributed by atoms with Gasteiger partial charge in [-0.05, 0) is 48.4 Å². The summed E-state index contributed by atoms with van der Waals surface area (Å²) in [6.45, 7) is 2.39. The molecule has 0 saturated carbocycles. The maximum absolute atomic E-state index is 12.9. The Kier molecular flexibility index (Phi) is 8.66. The maximum atomic E-state index is 12.9. The summed E-state index contributed by atoms with van der Waals surface area (Å²) in [4.78, 5) is 27.9. The molecule has 3 aromatic rings. The molecule has 0 aliphatic carbocycles. The lowest BCUT2D eigenvalue weighted by atomic mass is 10.1. The zero-order valence-corrected chi connectivity index (χ0v) is 19.5. The maximum Gasteiger partial charge on any atom is 0.257 e. The van der Waals surface area contributed by atoms with E-state index in [0.29, 0.717) is 28.4 Å². The van der Waals surface area contributed by atoms with E-state index in [2.05, 4.69) is 27.7 Å². The highest BCUT2D eigenvalue weighted by atomic mass is 35.5. The zero-order valence-electron chi connectivity index (χ0n) is 18.0. The summed E-state index contributed by atoms with van der Waals surface area (Å²) in [7, 11) is 0. The first-order valence-electron chi connectivity index (χ1n) is 10.5. The summed E-state index contributed by atoms with van der Waals surface area (Å²) in [5, 5.41) is 6.35. The molecule has 3 aromatic carbocycles. The molecule has 5 nitrogen and oxygen atoms in total. The molecule has 170 valence electrons. The zero-order chi connectivity index (χ0) is 22.3. The SMILES string of the molecule is Cl.O=C(Nc1ccccc1C(=O)Nc1ccc(Cl)cc1)C1=CCN(Cc2ccccc2)CC1. The van der Waals surface area contributed by atoms with E-state index < -0.39 is 0 Å². The van der Waals surface area contributed by atoms with Crippen LogP contribution < -0.4 is 10.6 Å². The van der Waals surface area contributed by atoms with E-state index in [0.717, 1.165) is 25.2 Å². The van der Waals surface area contributed by atoms with Gasteiger partial charge in [-0.25, -0.2) is 0 Å². The molecule has 33 heavy (non-hydrogen) atoms. The Hall–Kier alpha value is -3.12. The molecule has 0 radical (unpaired) electrons. The van der Waals surface area contributed by atoms with Crippen molar-refractivity contribution < 1.29 is 9.59 Å². The number of nitrogens with one attached hydrogen (secondary N) is 2. The summed E-state index contributed by atoms with van der Waals surface area (Å²) >= 11 is 5.90. The van der Waals surface area contributed by atoms with Crippen LogP contribution in [0, 0.1) is 0 Å². The van der Waals surface area contributed by atoms with Crippen LogP contribution >= 0.6 is 24.0 Å². The highest BCUT2D eigenvalue weighted by Crippen LogP contribution is 2.21. The number of rotatable bonds is 6. The van der Waals surface area contributed by atoms with Crippen LogP contribution in [-0.2, 0) is 11.3 Å². The van der Waals surface area contributed by atoms with Crippen molar-refractivity contribution in [3.05, 3.63) is 107 Å². The molecule has 7 heteroatoms. The average molecular weight is 482 g/mol. The molecule has 1 heterocycles. The number of anilines is 2. The van der Waals surface area contributed by atoms with Crippen LogP contribution in [0.15, 0.2) is 90.5 Å². The molecule has 0 aromatic heterocycles. The van der Waals surface area contributed by atoms with Crippen LogP contribution in [0.3, 0.4) is 0 Å². The van der Waals surface area contributed by atoms with Gasteiger partial charge in [0.05, 0.1) is 11.3 Å². The number of benzene rings is 3. The number of carbonyl (C=O) groups is 2. The lowest BCUT2D eigenvalue weighted by molar-refractivity contribution is -0.113. The van der Waals surface area contributed by atoms with Crippen molar-refractivity contribution in [1.82, 2.24) is 4.90 Å². The third kappa shape index (κ3) is 6.68.